The van der Waals surface area contributed by atoms with Crippen LogP contribution in [0, 0.1) is 0 Å². The molecule has 0 spiro atoms. The minimum absolute atomic E-state index is 1.11. The topological polar surface area (TPSA) is 36.9 Å². The maximum absolute atomic E-state index is 7.85. The second kappa shape index (κ2) is 76.5. The lowest BCUT2D eigenvalue weighted by molar-refractivity contribution is 0.219. The van der Waals surface area contributed by atoms with Crippen LogP contribution in [0.5, 0.6) is 0 Å². The Morgan fingerprint density at radius 1 is 0.110 bits per heavy atom. The average Bonchev–Trinajstić information content (AvgIpc) is 0.770. The van der Waals surface area contributed by atoms with Gasteiger partial charge in [0.2, 0.25) is 0 Å². The van der Waals surface area contributed by atoms with Crippen LogP contribution in [-0.2, 0) is 16.5 Å². The Balaban J connectivity index is 2.85. The molecular formula is C92H192O4Si4. The van der Waals surface area contributed by atoms with Gasteiger partial charge in [-0.1, -0.05) is 541 Å². The van der Waals surface area contributed by atoms with Crippen LogP contribution in [0.4, 0.5) is 0 Å². The van der Waals surface area contributed by atoms with Gasteiger partial charge in [0.1, 0.15) is 0 Å². The summed E-state index contributed by atoms with van der Waals surface area (Å²) in [6, 6.07) is 4.44. The van der Waals surface area contributed by atoms with Crippen molar-refractivity contribution in [3.05, 3.63) is 0 Å². The van der Waals surface area contributed by atoms with Crippen LogP contribution in [0.2, 0.25) is 50.4 Å². The van der Waals surface area contributed by atoms with E-state index in [2.05, 4.69) is 53.9 Å². The molecule has 1 saturated heterocycles. The lowest BCUT2D eigenvalue weighted by atomic mass is 10.0. The second-order valence-corrected chi connectivity index (χ2v) is 49.2. The van der Waals surface area contributed by atoms with Crippen LogP contribution in [0.1, 0.15) is 541 Å². The van der Waals surface area contributed by atoms with E-state index in [1.54, 1.807) is 0 Å². The molecule has 0 aromatic heterocycles. The monoisotopic (exact) mass is 1470 g/mol. The molecule has 0 amide bonds. The van der Waals surface area contributed by atoms with E-state index in [4.69, 9.17) is 16.5 Å². The van der Waals surface area contributed by atoms with E-state index in [1.165, 1.54) is 514 Å². The molecule has 1 aliphatic rings. The van der Waals surface area contributed by atoms with Crippen molar-refractivity contribution in [2.24, 2.45) is 0 Å². The first-order chi connectivity index (χ1) is 49.1. The van der Waals surface area contributed by atoms with Gasteiger partial charge in [0.25, 0.3) is 0 Å². The zero-order valence-electron chi connectivity index (χ0n) is 71.0. The Hall–Kier alpha value is 0.708. The molecule has 0 aromatic rings. The molecule has 8 heteroatoms. The van der Waals surface area contributed by atoms with E-state index < -0.39 is 34.2 Å². The van der Waals surface area contributed by atoms with Crippen LogP contribution in [0.25, 0.3) is 0 Å². The van der Waals surface area contributed by atoms with E-state index in [0.717, 1.165) is 24.2 Å². The smallest absolute Gasteiger partial charge is 0.317 e. The van der Waals surface area contributed by atoms with Gasteiger partial charge in [-0.2, -0.15) is 0 Å². The molecule has 1 fully saturated rings. The van der Waals surface area contributed by atoms with Crippen molar-refractivity contribution >= 4 is 34.2 Å². The fourth-order valence-electron chi connectivity index (χ4n) is 17.1. The van der Waals surface area contributed by atoms with E-state index in [-0.39, 0.29) is 0 Å². The fourth-order valence-corrected chi connectivity index (χ4v) is 40.7. The Morgan fingerprint density at radius 2 is 0.180 bits per heavy atom. The Labute approximate surface area is 638 Å². The van der Waals surface area contributed by atoms with Crippen molar-refractivity contribution in [3.63, 3.8) is 0 Å². The number of unbranched alkanes of at least 4 members (excludes halogenated alkanes) is 76. The van der Waals surface area contributed by atoms with Gasteiger partial charge in [-0.15, -0.1) is 0 Å². The highest BCUT2D eigenvalue weighted by Gasteiger charge is 2.56. The van der Waals surface area contributed by atoms with Gasteiger partial charge in [0.05, 0.1) is 0 Å². The molecule has 100 heavy (non-hydrogen) atoms. The van der Waals surface area contributed by atoms with Crippen molar-refractivity contribution in [1.82, 2.24) is 0 Å². The fraction of sp³-hybridized carbons (Fsp3) is 1.00. The summed E-state index contributed by atoms with van der Waals surface area (Å²) < 4.78 is 31.4. The number of rotatable bonds is 84. The molecule has 0 bridgehead atoms. The predicted octanol–water partition coefficient (Wildman–Crippen LogP) is 35.6. The zero-order chi connectivity index (χ0) is 72.2. The highest BCUT2D eigenvalue weighted by Crippen LogP contribution is 2.40. The van der Waals surface area contributed by atoms with Crippen LogP contribution in [0.3, 0.4) is 0 Å². The molecule has 0 radical (unpaired) electrons. The molecule has 0 saturated carbocycles. The van der Waals surface area contributed by atoms with Crippen LogP contribution in [0.15, 0.2) is 0 Å². The molecule has 0 unspecified atom stereocenters. The van der Waals surface area contributed by atoms with Crippen molar-refractivity contribution in [1.29, 1.82) is 0 Å². The van der Waals surface area contributed by atoms with Crippen LogP contribution < -0.4 is 0 Å². The zero-order valence-corrected chi connectivity index (χ0v) is 75.0. The van der Waals surface area contributed by atoms with Gasteiger partial charge in [0.15, 0.2) is 0 Å². The first-order valence-corrected chi connectivity index (χ1v) is 58.0. The first-order valence-electron chi connectivity index (χ1n) is 47.9. The summed E-state index contributed by atoms with van der Waals surface area (Å²) in [5.41, 5.74) is 0. The predicted molar refractivity (Wildman–Crippen MR) is 462 cm³/mol. The lowest BCUT2D eigenvalue weighted by Gasteiger charge is -2.50. The highest BCUT2D eigenvalue weighted by molar-refractivity contribution is 6.93. The number of hydrogen-bond donors (Lipinski definition) is 0. The highest BCUT2D eigenvalue weighted by atomic mass is 28.5. The summed E-state index contributed by atoms with van der Waals surface area (Å²) in [6.45, 7) is 19.3. The second-order valence-electron chi connectivity index (χ2n) is 34.8. The third-order valence-corrected chi connectivity index (χ3v) is 42.5. The summed E-state index contributed by atoms with van der Waals surface area (Å²) in [6.07, 6.45) is 114. The lowest BCUT2D eigenvalue weighted by Crippen LogP contribution is -2.67. The number of hydrogen-bond acceptors (Lipinski definition) is 4. The standard InChI is InChI=1S/C92H192O4Si4/c1-9-13-17-21-25-29-33-37-41-45-49-53-57-61-65-69-73-77-81-85-89-97(5)93-98(6,90-86-82-78-74-70-66-62-58-54-50-46-42-38-34-30-26-22-18-14-10-2)95-100(8,92-88-84-80-76-72-68-64-60-56-52-48-44-40-36-32-28-24-20-16-12-4)96-99(7,94-97)91-87-83-79-75-71-67-63-59-55-51-47-43-39-35-31-27-23-19-15-11-3/h9-92H2,1-8H3. The summed E-state index contributed by atoms with van der Waals surface area (Å²) in [5.74, 6) is 0. The molecule has 0 N–H and O–H groups in total. The van der Waals surface area contributed by atoms with Crippen LogP contribution in [-0.4, -0.2) is 34.2 Å². The molecule has 1 heterocycles. The Morgan fingerprint density at radius 3 is 0.260 bits per heavy atom. The van der Waals surface area contributed by atoms with Gasteiger partial charge >= 0.3 is 34.2 Å². The Bertz CT molecular complexity index is 1330. The van der Waals surface area contributed by atoms with E-state index in [9.17, 15) is 0 Å². The first kappa shape index (κ1) is 98.7. The van der Waals surface area contributed by atoms with Crippen molar-refractivity contribution in [3.8, 4) is 0 Å². The summed E-state index contributed by atoms with van der Waals surface area (Å²) in [5, 5.41) is 0. The molecular weight excluding hydrogens is 1280 g/mol. The van der Waals surface area contributed by atoms with Gasteiger partial charge in [-0.3, -0.25) is 0 Å². The maximum atomic E-state index is 7.85. The molecule has 1 aliphatic heterocycles. The van der Waals surface area contributed by atoms with E-state index in [0.29, 0.717) is 0 Å². The molecule has 600 valence electrons. The molecule has 1 rings (SSSR count). The normalized spacial score (nSPS) is 19.0. The van der Waals surface area contributed by atoms with Crippen molar-refractivity contribution in [2.45, 2.75) is 592 Å². The van der Waals surface area contributed by atoms with Gasteiger partial charge in [0, 0.05) is 0 Å². The van der Waals surface area contributed by atoms with E-state index >= 15 is 0 Å². The Kier molecular flexibility index (Phi) is 75.5. The summed E-state index contributed by atoms with van der Waals surface area (Å²) in [7, 11) is -10.3. The van der Waals surface area contributed by atoms with Gasteiger partial charge < -0.3 is 16.5 Å². The van der Waals surface area contributed by atoms with E-state index in [1.807, 2.05) is 0 Å². The summed E-state index contributed by atoms with van der Waals surface area (Å²) in [4.78, 5) is 0. The third kappa shape index (κ3) is 69.2. The summed E-state index contributed by atoms with van der Waals surface area (Å²) >= 11 is 0. The molecule has 4 nitrogen and oxygen atoms in total. The van der Waals surface area contributed by atoms with Crippen molar-refractivity contribution < 1.29 is 16.5 Å². The quantitative estimate of drug-likeness (QED) is 0.0449. The van der Waals surface area contributed by atoms with Crippen LogP contribution >= 0.6 is 0 Å². The van der Waals surface area contributed by atoms with Gasteiger partial charge in [-0.05, 0) is 50.4 Å². The van der Waals surface area contributed by atoms with Gasteiger partial charge in [-0.25, -0.2) is 0 Å². The van der Waals surface area contributed by atoms with Crippen molar-refractivity contribution in [2.75, 3.05) is 0 Å². The maximum Gasteiger partial charge on any atom is 0.317 e. The largest absolute Gasteiger partial charge is 0.416 e. The minimum atomic E-state index is -2.58. The third-order valence-electron chi connectivity index (χ3n) is 23.7. The average molecular weight is 1470 g/mol. The minimum Gasteiger partial charge on any atom is -0.416 e. The molecule has 0 aromatic carbocycles. The molecule has 0 aliphatic carbocycles. The molecule has 0 atom stereocenters. The SMILES string of the molecule is CCCCCCCCCCCCCCCCCCCCCC[Si]1(C)O[Si](C)(CCCCCCCCCCCCCCCCCCCCCC)O[Si](C)(CCCCCCCCCCCCCCCCCCCCCC)O[Si](C)(CCCCCCCCCCCCCCCCCCCCCC)O1.